The molecule has 4 heteroatoms. The first-order valence-corrected chi connectivity index (χ1v) is 8.75. The molecule has 1 fully saturated rings. The largest absolute Gasteiger partial charge is 0.329 e. The van der Waals surface area contributed by atoms with Gasteiger partial charge in [0.2, 0.25) is 0 Å². The second kappa shape index (κ2) is 7.79. The third kappa shape index (κ3) is 3.76. The lowest BCUT2D eigenvalue weighted by molar-refractivity contribution is 0.0909. The highest BCUT2D eigenvalue weighted by molar-refractivity contribution is 9.10. The number of hydrogen-bond donors (Lipinski definition) is 1. The number of nitrogens with two attached hydrogens (primary N) is 1. The molecule has 1 aliphatic rings. The molecule has 2 nitrogen and oxygen atoms in total. The SMILES string of the molecule is CCCC1CCCCN1C(CN)c1ccc(Cl)cc1Br. The molecule has 0 saturated carbocycles. The number of rotatable bonds is 5. The first-order valence-electron chi connectivity index (χ1n) is 7.58. The Balaban J connectivity index is 2.25. The van der Waals surface area contributed by atoms with Crippen LogP contribution in [-0.4, -0.2) is 24.0 Å². The van der Waals surface area contributed by atoms with Crippen molar-refractivity contribution in [2.24, 2.45) is 5.73 Å². The fourth-order valence-electron chi connectivity index (χ4n) is 3.29. The highest BCUT2D eigenvalue weighted by Crippen LogP contribution is 2.34. The average molecular weight is 360 g/mol. The molecule has 1 saturated heterocycles. The molecule has 2 N–H and O–H groups in total. The number of hydrogen-bond acceptors (Lipinski definition) is 2. The highest BCUT2D eigenvalue weighted by atomic mass is 79.9. The summed E-state index contributed by atoms with van der Waals surface area (Å²) in [5.74, 6) is 0. The topological polar surface area (TPSA) is 29.3 Å². The number of likely N-dealkylation sites (tertiary alicyclic amines) is 1. The van der Waals surface area contributed by atoms with E-state index in [2.05, 4.69) is 33.8 Å². The van der Waals surface area contributed by atoms with Crippen molar-refractivity contribution in [1.82, 2.24) is 4.90 Å². The minimum Gasteiger partial charge on any atom is -0.329 e. The summed E-state index contributed by atoms with van der Waals surface area (Å²) in [4.78, 5) is 2.61. The molecule has 2 rings (SSSR count). The van der Waals surface area contributed by atoms with Crippen molar-refractivity contribution in [3.8, 4) is 0 Å². The maximum atomic E-state index is 6.11. The predicted octanol–water partition coefficient (Wildman–Crippen LogP) is 4.76. The van der Waals surface area contributed by atoms with Crippen LogP contribution < -0.4 is 5.73 Å². The summed E-state index contributed by atoms with van der Waals surface area (Å²) >= 11 is 9.70. The van der Waals surface area contributed by atoms with Gasteiger partial charge in [-0.3, -0.25) is 4.90 Å². The van der Waals surface area contributed by atoms with E-state index in [-0.39, 0.29) is 0 Å². The summed E-state index contributed by atoms with van der Waals surface area (Å²) in [6.07, 6.45) is 6.43. The van der Waals surface area contributed by atoms with Crippen LogP contribution in [0, 0.1) is 0 Å². The predicted molar refractivity (Wildman–Crippen MR) is 90.2 cm³/mol. The molecular formula is C16H24BrClN2. The van der Waals surface area contributed by atoms with Gasteiger partial charge in [0.05, 0.1) is 0 Å². The van der Waals surface area contributed by atoms with Gasteiger partial charge in [0, 0.05) is 28.1 Å². The molecular weight excluding hydrogens is 336 g/mol. The minimum atomic E-state index is 0.290. The molecule has 0 aromatic heterocycles. The maximum absolute atomic E-state index is 6.11. The average Bonchev–Trinajstić information content (AvgIpc) is 2.44. The quantitative estimate of drug-likeness (QED) is 0.821. The fraction of sp³-hybridized carbons (Fsp3) is 0.625. The molecule has 0 radical (unpaired) electrons. The molecule has 1 aromatic carbocycles. The van der Waals surface area contributed by atoms with Crippen LogP contribution in [0.3, 0.4) is 0 Å². The normalized spacial score (nSPS) is 21.9. The van der Waals surface area contributed by atoms with Crippen LogP contribution in [0.15, 0.2) is 22.7 Å². The van der Waals surface area contributed by atoms with E-state index in [0.29, 0.717) is 18.6 Å². The zero-order valence-corrected chi connectivity index (χ0v) is 14.5. The first kappa shape index (κ1) is 16.3. The van der Waals surface area contributed by atoms with E-state index >= 15 is 0 Å². The van der Waals surface area contributed by atoms with Crippen LogP contribution in [0.1, 0.15) is 50.6 Å². The van der Waals surface area contributed by atoms with Crippen molar-refractivity contribution >= 4 is 27.5 Å². The van der Waals surface area contributed by atoms with Crippen LogP contribution >= 0.6 is 27.5 Å². The van der Waals surface area contributed by atoms with Crippen LogP contribution in [0.5, 0.6) is 0 Å². The minimum absolute atomic E-state index is 0.290. The maximum Gasteiger partial charge on any atom is 0.0484 e. The molecule has 1 aromatic rings. The number of nitrogens with zero attached hydrogens (tertiary/aromatic N) is 1. The van der Waals surface area contributed by atoms with E-state index in [0.717, 1.165) is 16.0 Å². The second-order valence-corrected chi connectivity index (χ2v) is 6.88. The van der Waals surface area contributed by atoms with Gasteiger partial charge < -0.3 is 5.73 Å². The number of piperidine rings is 1. The van der Waals surface area contributed by atoms with E-state index < -0.39 is 0 Å². The molecule has 112 valence electrons. The van der Waals surface area contributed by atoms with Gasteiger partial charge in [-0.1, -0.05) is 53.4 Å². The van der Waals surface area contributed by atoms with E-state index in [1.54, 1.807) is 0 Å². The van der Waals surface area contributed by atoms with E-state index in [9.17, 15) is 0 Å². The Bertz CT molecular complexity index is 436. The van der Waals surface area contributed by atoms with Crippen molar-refractivity contribution in [3.63, 3.8) is 0 Å². The summed E-state index contributed by atoms with van der Waals surface area (Å²) in [6.45, 7) is 4.07. The molecule has 1 heterocycles. The van der Waals surface area contributed by atoms with E-state index in [1.807, 2.05) is 12.1 Å². The summed E-state index contributed by atoms with van der Waals surface area (Å²) in [6, 6.07) is 7.01. The van der Waals surface area contributed by atoms with Gasteiger partial charge in [-0.15, -0.1) is 0 Å². The van der Waals surface area contributed by atoms with Crippen LogP contribution in [0.4, 0.5) is 0 Å². The smallest absolute Gasteiger partial charge is 0.0484 e. The summed E-state index contributed by atoms with van der Waals surface area (Å²) < 4.78 is 1.07. The lowest BCUT2D eigenvalue weighted by atomic mass is 9.93. The van der Waals surface area contributed by atoms with E-state index in [1.165, 1.54) is 37.7 Å². The monoisotopic (exact) mass is 358 g/mol. The fourth-order valence-corrected chi connectivity index (χ4v) is 4.24. The third-order valence-corrected chi connectivity index (χ3v) is 5.16. The molecule has 20 heavy (non-hydrogen) atoms. The molecule has 0 spiro atoms. The van der Waals surface area contributed by atoms with Crippen molar-refractivity contribution in [1.29, 1.82) is 0 Å². The Morgan fingerprint density at radius 1 is 1.45 bits per heavy atom. The van der Waals surface area contributed by atoms with Crippen molar-refractivity contribution in [2.75, 3.05) is 13.1 Å². The van der Waals surface area contributed by atoms with Gasteiger partial charge in [0.25, 0.3) is 0 Å². The Labute approximate surface area is 135 Å². The van der Waals surface area contributed by atoms with Crippen LogP contribution in [0.25, 0.3) is 0 Å². The van der Waals surface area contributed by atoms with Gasteiger partial charge in [0.1, 0.15) is 0 Å². The van der Waals surface area contributed by atoms with Gasteiger partial charge >= 0.3 is 0 Å². The lowest BCUT2D eigenvalue weighted by Crippen LogP contribution is -2.44. The highest BCUT2D eigenvalue weighted by Gasteiger charge is 2.29. The van der Waals surface area contributed by atoms with Crippen molar-refractivity contribution in [3.05, 3.63) is 33.3 Å². The Hall–Kier alpha value is -0.0900. The lowest BCUT2D eigenvalue weighted by Gasteiger charge is -2.41. The Morgan fingerprint density at radius 3 is 2.90 bits per heavy atom. The van der Waals surface area contributed by atoms with Gasteiger partial charge in [-0.25, -0.2) is 0 Å². The van der Waals surface area contributed by atoms with Crippen molar-refractivity contribution in [2.45, 2.75) is 51.1 Å². The molecule has 1 aliphatic heterocycles. The summed E-state index contributed by atoms with van der Waals surface area (Å²) in [5.41, 5.74) is 7.37. The van der Waals surface area contributed by atoms with Gasteiger partial charge in [-0.05, 0) is 43.5 Å². The molecule has 0 amide bonds. The third-order valence-electron chi connectivity index (χ3n) is 4.24. The molecule has 2 atom stereocenters. The van der Waals surface area contributed by atoms with Crippen LogP contribution in [0.2, 0.25) is 5.02 Å². The standard InChI is InChI=1S/C16H24BrClN2/c1-2-5-13-6-3-4-9-20(13)16(11-19)14-8-7-12(18)10-15(14)17/h7-8,10,13,16H,2-6,9,11,19H2,1H3. The summed E-state index contributed by atoms with van der Waals surface area (Å²) in [5, 5.41) is 0.764. The Morgan fingerprint density at radius 2 is 2.25 bits per heavy atom. The zero-order valence-electron chi connectivity index (χ0n) is 12.1. The van der Waals surface area contributed by atoms with Crippen LogP contribution in [-0.2, 0) is 0 Å². The second-order valence-electron chi connectivity index (χ2n) is 5.59. The molecule has 0 aliphatic carbocycles. The number of benzene rings is 1. The van der Waals surface area contributed by atoms with Gasteiger partial charge in [-0.2, -0.15) is 0 Å². The molecule has 2 unspecified atom stereocenters. The zero-order chi connectivity index (χ0) is 14.5. The molecule has 0 bridgehead atoms. The Kier molecular flexibility index (Phi) is 6.34. The number of halogens is 2. The van der Waals surface area contributed by atoms with Gasteiger partial charge in [0.15, 0.2) is 0 Å². The summed E-state index contributed by atoms with van der Waals surface area (Å²) in [7, 11) is 0. The van der Waals surface area contributed by atoms with E-state index in [4.69, 9.17) is 17.3 Å². The van der Waals surface area contributed by atoms with Crippen molar-refractivity contribution < 1.29 is 0 Å². The first-order chi connectivity index (χ1) is 9.67.